The van der Waals surface area contributed by atoms with Crippen molar-refractivity contribution >= 4 is 23.7 Å². The fraction of sp³-hybridized carbons (Fsp3) is 0.400. The van der Waals surface area contributed by atoms with E-state index in [1.807, 2.05) is 38.1 Å². The monoisotopic (exact) mass is 490 g/mol. The minimum atomic E-state index is -4.44. The van der Waals surface area contributed by atoms with Crippen LogP contribution in [-0.2, 0) is 15.8 Å². The van der Waals surface area contributed by atoms with E-state index < -0.39 is 17.6 Å². The van der Waals surface area contributed by atoms with Crippen molar-refractivity contribution in [3.05, 3.63) is 59.7 Å². The number of hydrazone groups is 1. The maximum Gasteiger partial charge on any atom is 0.416 e. The lowest BCUT2D eigenvalue weighted by molar-refractivity contribution is -0.137. The molecule has 0 radical (unpaired) electrons. The van der Waals surface area contributed by atoms with Gasteiger partial charge in [-0.25, -0.2) is 0 Å². The van der Waals surface area contributed by atoms with E-state index in [1.54, 1.807) is 9.91 Å². The maximum absolute atomic E-state index is 12.7. The van der Waals surface area contributed by atoms with Crippen LogP contribution in [-0.4, -0.2) is 60.2 Å². The minimum Gasteiger partial charge on any atom is -0.494 e. The third kappa shape index (κ3) is 6.97. The highest BCUT2D eigenvalue weighted by molar-refractivity contribution is 6.06. The van der Waals surface area contributed by atoms with Gasteiger partial charge in [-0.05, 0) is 61.4 Å². The normalized spacial score (nSPS) is 15.5. The van der Waals surface area contributed by atoms with Gasteiger partial charge in [-0.1, -0.05) is 13.8 Å². The van der Waals surface area contributed by atoms with Gasteiger partial charge in [-0.15, -0.1) is 0 Å². The van der Waals surface area contributed by atoms with E-state index >= 15 is 0 Å². The lowest BCUT2D eigenvalue weighted by Crippen LogP contribution is -2.43. The molecule has 0 bridgehead atoms. The van der Waals surface area contributed by atoms with Gasteiger partial charge < -0.3 is 15.0 Å². The summed E-state index contributed by atoms with van der Waals surface area (Å²) in [7, 11) is 0. The zero-order valence-corrected chi connectivity index (χ0v) is 19.7. The molecule has 2 aromatic rings. The first-order valence-corrected chi connectivity index (χ1v) is 11.5. The summed E-state index contributed by atoms with van der Waals surface area (Å²) in [6.45, 7) is 5.35. The molecule has 188 valence electrons. The third-order valence-corrected chi connectivity index (χ3v) is 5.41. The molecule has 1 aliphatic heterocycles. The lowest BCUT2D eigenvalue weighted by Gasteiger charge is -2.26. The number of halogens is 3. The van der Waals surface area contributed by atoms with Crippen LogP contribution >= 0.6 is 0 Å². The van der Waals surface area contributed by atoms with E-state index in [0.29, 0.717) is 25.4 Å². The first kappa shape index (κ1) is 26.1. The number of anilines is 1. The van der Waals surface area contributed by atoms with Crippen molar-refractivity contribution in [2.45, 2.75) is 38.9 Å². The number of benzene rings is 2. The number of alkyl halides is 3. The Hall–Kier alpha value is -3.56. The highest BCUT2D eigenvalue weighted by Gasteiger charge is 2.33. The molecule has 2 aromatic carbocycles. The van der Waals surface area contributed by atoms with Crippen molar-refractivity contribution < 1.29 is 27.5 Å². The minimum absolute atomic E-state index is 0.114. The van der Waals surface area contributed by atoms with Crippen LogP contribution in [0.15, 0.2) is 53.6 Å². The molecule has 1 N–H and O–H groups in total. The first-order valence-electron chi connectivity index (χ1n) is 11.5. The zero-order chi connectivity index (χ0) is 25.4. The van der Waals surface area contributed by atoms with E-state index in [1.165, 1.54) is 12.1 Å². The highest BCUT2D eigenvalue weighted by atomic mass is 19.4. The number of ether oxygens (including phenoxy) is 1. The molecule has 0 spiro atoms. The van der Waals surface area contributed by atoms with Crippen LogP contribution in [0.1, 0.15) is 37.8 Å². The van der Waals surface area contributed by atoms with Crippen molar-refractivity contribution in [2.24, 2.45) is 5.10 Å². The van der Waals surface area contributed by atoms with Gasteiger partial charge in [0.25, 0.3) is 0 Å². The van der Waals surface area contributed by atoms with Gasteiger partial charge in [0, 0.05) is 17.8 Å². The molecule has 1 aliphatic rings. The molecule has 0 aromatic heterocycles. The van der Waals surface area contributed by atoms with Gasteiger partial charge in [0.05, 0.1) is 30.5 Å². The van der Waals surface area contributed by atoms with E-state index in [-0.39, 0.29) is 18.3 Å². The molecule has 0 aliphatic carbocycles. The summed E-state index contributed by atoms with van der Waals surface area (Å²) in [6, 6.07) is 11.3. The summed E-state index contributed by atoms with van der Waals surface area (Å²) in [5, 5.41) is 8.77. The summed E-state index contributed by atoms with van der Waals surface area (Å²) in [4.78, 5) is 26.0. The molecule has 1 unspecified atom stereocenters. The molecule has 1 atom stereocenters. The number of nitrogens with zero attached hydrogens (tertiary/aromatic N) is 3. The molecule has 3 rings (SSSR count). The Labute approximate surface area is 202 Å². The molecule has 7 nitrogen and oxygen atoms in total. The van der Waals surface area contributed by atoms with Crippen molar-refractivity contribution in [1.82, 2.24) is 9.91 Å². The molecule has 0 saturated carbocycles. The fourth-order valence-electron chi connectivity index (χ4n) is 3.75. The van der Waals surface area contributed by atoms with Crippen LogP contribution in [0.3, 0.4) is 0 Å². The van der Waals surface area contributed by atoms with E-state index in [2.05, 4.69) is 10.4 Å². The van der Waals surface area contributed by atoms with Crippen LogP contribution in [0, 0.1) is 0 Å². The molecule has 1 heterocycles. The maximum atomic E-state index is 12.7. The quantitative estimate of drug-likeness (QED) is 0.474. The number of carbonyl (C=O) groups is 2. The van der Waals surface area contributed by atoms with Crippen LogP contribution in [0.25, 0.3) is 0 Å². The molecule has 0 fully saturated rings. The SMILES string of the molecule is CCCOc1ccc(C2=NN(CC(=O)Nc3ccc(C(F)(F)F)cc3)CC2N(C=O)CCC)cc1. The molecular formula is C25H29F3N4O3. The fourth-order valence-corrected chi connectivity index (χ4v) is 3.75. The van der Waals surface area contributed by atoms with Crippen LogP contribution in [0.2, 0.25) is 0 Å². The number of nitrogens with one attached hydrogen (secondary N) is 1. The van der Waals surface area contributed by atoms with E-state index in [4.69, 9.17) is 4.74 Å². The van der Waals surface area contributed by atoms with Gasteiger partial charge in [0.2, 0.25) is 12.3 Å². The summed E-state index contributed by atoms with van der Waals surface area (Å²) in [5.74, 6) is 0.310. The number of rotatable bonds is 11. The van der Waals surface area contributed by atoms with E-state index in [9.17, 15) is 22.8 Å². The standard InChI is InChI=1S/C25H29F3N4O3/c1-3-13-31(17-33)22-15-32(30-24(22)18-5-11-21(12-6-18)35-14-4-2)16-23(34)29-20-9-7-19(8-10-20)25(26,27)28/h5-12,17,22H,3-4,13-16H2,1-2H3,(H,29,34). The largest absolute Gasteiger partial charge is 0.494 e. The van der Waals surface area contributed by atoms with Gasteiger partial charge >= 0.3 is 6.18 Å². The molecule has 2 amide bonds. The topological polar surface area (TPSA) is 74.2 Å². The summed E-state index contributed by atoms with van der Waals surface area (Å²) in [5.41, 5.74) is 0.941. The van der Waals surface area contributed by atoms with Gasteiger partial charge in [-0.3, -0.25) is 14.6 Å². The number of hydrogen-bond donors (Lipinski definition) is 1. The Bertz CT molecular complexity index is 1020. The number of hydrogen-bond acceptors (Lipinski definition) is 5. The lowest BCUT2D eigenvalue weighted by atomic mass is 10.0. The smallest absolute Gasteiger partial charge is 0.416 e. The molecule has 35 heavy (non-hydrogen) atoms. The van der Waals surface area contributed by atoms with Crippen molar-refractivity contribution in [2.75, 3.05) is 31.6 Å². The Balaban J connectivity index is 1.73. The van der Waals surface area contributed by atoms with Gasteiger partial charge in [-0.2, -0.15) is 18.3 Å². The predicted molar refractivity (Wildman–Crippen MR) is 127 cm³/mol. The predicted octanol–water partition coefficient (Wildman–Crippen LogP) is 4.39. The average molecular weight is 491 g/mol. The van der Waals surface area contributed by atoms with Crippen molar-refractivity contribution in [3.63, 3.8) is 0 Å². The van der Waals surface area contributed by atoms with Crippen LogP contribution < -0.4 is 10.1 Å². The number of carbonyl (C=O) groups excluding carboxylic acids is 2. The second kappa shape index (κ2) is 11.7. The van der Waals surface area contributed by atoms with Crippen LogP contribution in [0.5, 0.6) is 5.75 Å². The van der Waals surface area contributed by atoms with E-state index in [0.717, 1.165) is 42.7 Å². The van der Waals surface area contributed by atoms with Crippen molar-refractivity contribution in [3.8, 4) is 5.75 Å². The molecular weight excluding hydrogens is 461 g/mol. The van der Waals surface area contributed by atoms with Crippen molar-refractivity contribution in [1.29, 1.82) is 0 Å². The Morgan fingerprint density at radius 2 is 1.83 bits per heavy atom. The summed E-state index contributed by atoms with van der Waals surface area (Å²) >= 11 is 0. The number of amides is 2. The average Bonchev–Trinajstić information content (AvgIpc) is 3.24. The van der Waals surface area contributed by atoms with Gasteiger partial charge in [0.1, 0.15) is 12.3 Å². The highest BCUT2D eigenvalue weighted by Crippen LogP contribution is 2.30. The third-order valence-electron chi connectivity index (χ3n) is 5.41. The van der Waals surface area contributed by atoms with Crippen LogP contribution in [0.4, 0.5) is 18.9 Å². The van der Waals surface area contributed by atoms with Gasteiger partial charge in [0.15, 0.2) is 0 Å². The summed E-state index contributed by atoms with van der Waals surface area (Å²) < 4.78 is 43.9. The molecule has 0 saturated heterocycles. The summed E-state index contributed by atoms with van der Waals surface area (Å²) in [6.07, 6.45) is -2.00. The Kier molecular flexibility index (Phi) is 8.73. The Morgan fingerprint density at radius 3 is 2.40 bits per heavy atom. The first-order chi connectivity index (χ1) is 16.7. The molecule has 10 heteroatoms. The second-order valence-corrected chi connectivity index (χ2v) is 8.19. The zero-order valence-electron chi connectivity index (χ0n) is 19.7. The Morgan fingerprint density at radius 1 is 1.14 bits per heavy atom. The second-order valence-electron chi connectivity index (χ2n) is 8.19.